The monoisotopic (exact) mass is 346 g/mol. The van der Waals surface area contributed by atoms with Gasteiger partial charge in [-0.3, -0.25) is 0 Å². The van der Waals surface area contributed by atoms with E-state index in [0.717, 1.165) is 18.9 Å². The molecule has 0 bridgehead atoms. The summed E-state index contributed by atoms with van der Waals surface area (Å²) in [5.41, 5.74) is 1.25. The van der Waals surface area contributed by atoms with Crippen molar-refractivity contribution < 1.29 is 9.16 Å². The van der Waals surface area contributed by atoms with Crippen LogP contribution in [0.25, 0.3) is 0 Å². The molecule has 3 heteroatoms. The van der Waals surface area contributed by atoms with E-state index in [9.17, 15) is 0 Å². The molecule has 0 saturated heterocycles. The standard InChI is InChI=1S/C21H34O2Si/c1-17-11-12-20(14-21(13-17)23-24(3,4)5)18(2)15-22-16-19-9-7-6-8-10-19/h6-10,14,17-18,20H,11-13,15-16H2,1-5H3/t17-,18+,20-/m1/s1. The molecule has 0 aromatic heterocycles. The van der Waals surface area contributed by atoms with Crippen molar-refractivity contribution in [1.82, 2.24) is 0 Å². The maximum atomic E-state index is 6.34. The van der Waals surface area contributed by atoms with Crippen molar-refractivity contribution in [3.05, 3.63) is 47.7 Å². The van der Waals surface area contributed by atoms with Gasteiger partial charge in [0.1, 0.15) is 0 Å². The second kappa shape index (κ2) is 8.86. The van der Waals surface area contributed by atoms with Crippen molar-refractivity contribution in [2.75, 3.05) is 6.61 Å². The Kier molecular flexibility index (Phi) is 7.11. The fourth-order valence-corrected chi connectivity index (χ4v) is 4.23. The lowest BCUT2D eigenvalue weighted by atomic mass is 9.89. The van der Waals surface area contributed by atoms with Crippen LogP contribution in [0, 0.1) is 17.8 Å². The number of hydrogen-bond donors (Lipinski definition) is 0. The van der Waals surface area contributed by atoms with Gasteiger partial charge >= 0.3 is 0 Å². The summed E-state index contributed by atoms with van der Waals surface area (Å²) < 4.78 is 12.3. The Morgan fingerprint density at radius 2 is 1.83 bits per heavy atom. The van der Waals surface area contributed by atoms with Crippen LogP contribution in [0.1, 0.15) is 38.7 Å². The molecule has 0 N–H and O–H groups in total. The van der Waals surface area contributed by atoms with Crippen LogP contribution in [0.15, 0.2) is 42.2 Å². The normalized spacial score (nSPS) is 23.3. The van der Waals surface area contributed by atoms with Crippen molar-refractivity contribution >= 4 is 8.32 Å². The minimum Gasteiger partial charge on any atom is -0.548 e. The summed E-state index contributed by atoms with van der Waals surface area (Å²) in [4.78, 5) is 0. The summed E-state index contributed by atoms with van der Waals surface area (Å²) in [6, 6.07) is 10.4. The zero-order chi connectivity index (χ0) is 17.6. The number of ether oxygens (including phenoxy) is 1. The van der Waals surface area contributed by atoms with Crippen LogP contribution in [0.3, 0.4) is 0 Å². The largest absolute Gasteiger partial charge is 0.548 e. The molecule has 1 aromatic carbocycles. The van der Waals surface area contributed by atoms with E-state index in [1.807, 2.05) is 6.07 Å². The molecule has 0 amide bonds. The first-order chi connectivity index (χ1) is 11.3. The highest BCUT2D eigenvalue weighted by Crippen LogP contribution is 2.32. The average Bonchev–Trinajstić information content (AvgIpc) is 2.68. The Morgan fingerprint density at radius 3 is 2.50 bits per heavy atom. The summed E-state index contributed by atoms with van der Waals surface area (Å²) in [6.45, 7) is 13.0. The third-order valence-corrected chi connectivity index (χ3v) is 5.48. The van der Waals surface area contributed by atoms with Gasteiger partial charge in [0.25, 0.3) is 0 Å². The predicted molar refractivity (Wildman–Crippen MR) is 104 cm³/mol. The van der Waals surface area contributed by atoms with Crippen LogP contribution < -0.4 is 0 Å². The first-order valence-electron chi connectivity index (χ1n) is 9.35. The van der Waals surface area contributed by atoms with E-state index < -0.39 is 8.32 Å². The third kappa shape index (κ3) is 6.82. The number of allylic oxidation sites excluding steroid dienone is 2. The first kappa shape index (κ1) is 19.3. The van der Waals surface area contributed by atoms with Gasteiger partial charge in [-0.15, -0.1) is 0 Å². The van der Waals surface area contributed by atoms with E-state index in [2.05, 4.69) is 63.8 Å². The van der Waals surface area contributed by atoms with E-state index >= 15 is 0 Å². The Morgan fingerprint density at radius 1 is 1.12 bits per heavy atom. The third-order valence-electron chi connectivity index (χ3n) is 4.60. The quantitative estimate of drug-likeness (QED) is 0.563. The molecule has 0 saturated carbocycles. The van der Waals surface area contributed by atoms with Crippen molar-refractivity contribution in [2.24, 2.45) is 17.8 Å². The van der Waals surface area contributed by atoms with Gasteiger partial charge in [-0.1, -0.05) is 44.2 Å². The van der Waals surface area contributed by atoms with Gasteiger partial charge in [0.2, 0.25) is 8.32 Å². The minimum absolute atomic E-state index is 0.527. The minimum atomic E-state index is -1.53. The molecule has 0 aliphatic heterocycles. The molecule has 134 valence electrons. The molecule has 1 aliphatic carbocycles. The van der Waals surface area contributed by atoms with Gasteiger partial charge in [-0.2, -0.15) is 0 Å². The Bertz CT molecular complexity index is 518. The topological polar surface area (TPSA) is 18.5 Å². The van der Waals surface area contributed by atoms with Crippen LogP contribution in [0.4, 0.5) is 0 Å². The van der Waals surface area contributed by atoms with Crippen molar-refractivity contribution in [2.45, 2.75) is 59.4 Å². The van der Waals surface area contributed by atoms with Gasteiger partial charge in [-0.05, 0) is 61.9 Å². The van der Waals surface area contributed by atoms with Gasteiger partial charge < -0.3 is 9.16 Å². The molecule has 1 aromatic rings. The lowest BCUT2D eigenvalue weighted by Gasteiger charge is -2.24. The molecule has 0 radical (unpaired) electrons. The van der Waals surface area contributed by atoms with Gasteiger partial charge in [0.15, 0.2) is 0 Å². The average molecular weight is 347 g/mol. The van der Waals surface area contributed by atoms with Crippen LogP contribution in [0.5, 0.6) is 0 Å². The molecular formula is C21H34O2Si. The fourth-order valence-electron chi connectivity index (χ4n) is 3.29. The van der Waals surface area contributed by atoms with Gasteiger partial charge in [0, 0.05) is 6.42 Å². The molecule has 2 nitrogen and oxygen atoms in total. The Balaban J connectivity index is 1.91. The van der Waals surface area contributed by atoms with E-state index in [1.165, 1.54) is 24.2 Å². The molecule has 0 spiro atoms. The summed E-state index contributed by atoms with van der Waals surface area (Å²) in [5.74, 6) is 3.05. The van der Waals surface area contributed by atoms with Crippen LogP contribution in [-0.4, -0.2) is 14.9 Å². The van der Waals surface area contributed by atoms with Crippen LogP contribution in [-0.2, 0) is 15.8 Å². The van der Waals surface area contributed by atoms with Crippen molar-refractivity contribution in [3.63, 3.8) is 0 Å². The van der Waals surface area contributed by atoms with Gasteiger partial charge in [-0.25, -0.2) is 0 Å². The summed E-state index contributed by atoms with van der Waals surface area (Å²) in [6.07, 6.45) is 6.04. The summed E-state index contributed by atoms with van der Waals surface area (Å²) >= 11 is 0. The van der Waals surface area contributed by atoms with E-state index in [4.69, 9.17) is 9.16 Å². The van der Waals surface area contributed by atoms with Crippen molar-refractivity contribution in [1.29, 1.82) is 0 Å². The second-order valence-electron chi connectivity index (χ2n) is 8.38. The highest BCUT2D eigenvalue weighted by molar-refractivity contribution is 6.70. The molecule has 0 fully saturated rings. The maximum Gasteiger partial charge on any atom is 0.241 e. The van der Waals surface area contributed by atoms with Crippen LogP contribution >= 0.6 is 0 Å². The number of hydrogen-bond acceptors (Lipinski definition) is 2. The number of rotatable bonds is 7. The lowest BCUT2D eigenvalue weighted by molar-refractivity contribution is 0.0775. The molecule has 24 heavy (non-hydrogen) atoms. The SMILES string of the molecule is C[C@@H]1CC[C@@H]([C@@H](C)COCc2ccccc2)C=C(O[Si](C)(C)C)C1. The second-order valence-corrected chi connectivity index (χ2v) is 12.8. The fraction of sp³-hybridized carbons (Fsp3) is 0.619. The first-order valence-corrected chi connectivity index (χ1v) is 12.8. The molecule has 0 heterocycles. The highest BCUT2D eigenvalue weighted by atomic mass is 28.4. The Labute approximate surface area is 149 Å². The highest BCUT2D eigenvalue weighted by Gasteiger charge is 2.25. The predicted octanol–water partition coefficient (Wildman–Crippen LogP) is 6.01. The molecule has 0 unspecified atom stereocenters. The summed E-state index contributed by atoms with van der Waals surface area (Å²) in [7, 11) is -1.53. The maximum absolute atomic E-state index is 6.34. The van der Waals surface area contributed by atoms with Crippen LogP contribution in [0.2, 0.25) is 19.6 Å². The Hall–Kier alpha value is -1.06. The summed E-state index contributed by atoms with van der Waals surface area (Å²) in [5, 5.41) is 0. The van der Waals surface area contributed by atoms with E-state index in [1.54, 1.807) is 0 Å². The lowest BCUT2D eigenvalue weighted by Crippen LogP contribution is -2.25. The molecule has 1 aliphatic rings. The smallest absolute Gasteiger partial charge is 0.241 e. The van der Waals surface area contributed by atoms with Gasteiger partial charge in [0.05, 0.1) is 19.0 Å². The number of benzene rings is 1. The molecule has 2 rings (SSSR count). The molecular weight excluding hydrogens is 312 g/mol. The van der Waals surface area contributed by atoms with Crippen molar-refractivity contribution in [3.8, 4) is 0 Å². The zero-order valence-electron chi connectivity index (χ0n) is 16.0. The zero-order valence-corrected chi connectivity index (χ0v) is 17.0. The van der Waals surface area contributed by atoms with E-state index in [-0.39, 0.29) is 0 Å². The molecule has 3 atom stereocenters. The van der Waals surface area contributed by atoms with E-state index in [0.29, 0.717) is 18.4 Å².